The Morgan fingerprint density at radius 1 is 0.667 bits per heavy atom. The van der Waals surface area contributed by atoms with Gasteiger partial charge in [0, 0.05) is 6.42 Å². The van der Waals surface area contributed by atoms with Crippen LogP contribution < -0.4 is 5.32 Å². The van der Waals surface area contributed by atoms with Gasteiger partial charge in [-0.15, -0.1) is 0 Å². The lowest BCUT2D eigenvalue weighted by molar-refractivity contribution is -0.123. The fourth-order valence-corrected chi connectivity index (χ4v) is 4.20. The minimum absolute atomic E-state index is 0.0840. The number of carbonyl (C=O) groups excluding carboxylic acids is 1. The lowest BCUT2D eigenvalue weighted by Crippen LogP contribution is -2.45. The Morgan fingerprint density at radius 3 is 1.72 bits per heavy atom. The van der Waals surface area contributed by atoms with Crippen molar-refractivity contribution in [3.63, 3.8) is 0 Å². The second kappa shape index (κ2) is 28.2. The summed E-state index contributed by atoms with van der Waals surface area (Å²) < 4.78 is 0. The van der Waals surface area contributed by atoms with Gasteiger partial charge in [0.15, 0.2) is 0 Å². The molecule has 0 heterocycles. The second-order valence-electron chi connectivity index (χ2n) is 10.2. The molecule has 0 aliphatic rings. The van der Waals surface area contributed by atoms with Gasteiger partial charge >= 0.3 is 0 Å². The molecule has 0 unspecified atom stereocenters. The van der Waals surface area contributed by atoms with Gasteiger partial charge in [-0.05, 0) is 51.4 Å². The van der Waals surface area contributed by atoms with E-state index in [1.807, 2.05) is 6.08 Å². The van der Waals surface area contributed by atoms with Gasteiger partial charge in [-0.2, -0.15) is 0 Å². The molecule has 210 valence electrons. The molecule has 0 rings (SSSR count). The van der Waals surface area contributed by atoms with Crippen LogP contribution in [0.15, 0.2) is 36.5 Å². The second-order valence-corrected chi connectivity index (χ2v) is 10.2. The zero-order valence-electron chi connectivity index (χ0n) is 23.8. The van der Waals surface area contributed by atoms with Crippen molar-refractivity contribution in [2.75, 3.05) is 6.61 Å². The van der Waals surface area contributed by atoms with Gasteiger partial charge in [0.05, 0.1) is 18.8 Å². The number of hydrogen-bond donors (Lipinski definition) is 3. The molecule has 36 heavy (non-hydrogen) atoms. The molecule has 0 aliphatic carbocycles. The van der Waals surface area contributed by atoms with Crippen LogP contribution >= 0.6 is 0 Å². The molecule has 2 atom stereocenters. The van der Waals surface area contributed by atoms with Gasteiger partial charge in [0.1, 0.15) is 0 Å². The van der Waals surface area contributed by atoms with E-state index in [4.69, 9.17) is 0 Å². The highest BCUT2D eigenvalue weighted by atomic mass is 16.3. The smallest absolute Gasteiger partial charge is 0.220 e. The van der Waals surface area contributed by atoms with Gasteiger partial charge in [-0.25, -0.2) is 0 Å². The van der Waals surface area contributed by atoms with Crippen LogP contribution in [0.25, 0.3) is 0 Å². The summed E-state index contributed by atoms with van der Waals surface area (Å²) in [4.78, 5) is 12.2. The fourth-order valence-electron chi connectivity index (χ4n) is 4.20. The van der Waals surface area contributed by atoms with E-state index in [1.54, 1.807) is 6.08 Å². The summed E-state index contributed by atoms with van der Waals surface area (Å²) in [5, 5.41) is 22.7. The lowest BCUT2D eigenvalue weighted by Gasteiger charge is -2.20. The van der Waals surface area contributed by atoms with Crippen molar-refractivity contribution in [3.05, 3.63) is 36.5 Å². The van der Waals surface area contributed by atoms with Crippen LogP contribution in [0.1, 0.15) is 142 Å². The molecule has 1 amide bonds. The average Bonchev–Trinajstić information content (AvgIpc) is 2.88. The van der Waals surface area contributed by atoms with Crippen molar-refractivity contribution in [1.82, 2.24) is 5.32 Å². The van der Waals surface area contributed by atoms with Crippen LogP contribution in [-0.4, -0.2) is 34.9 Å². The van der Waals surface area contributed by atoms with E-state index < -0.39 is 12.1 Å². The highest BCUT2D eigenvalue weighted by Crippen LogP contribution is 2.10. The van der Waals surface area contributed by atoms with E-state index in [9.17, 15) is 15.0 Å². The molecule has 0 fully saturated rings. The normalized spacial score (nSPS) is 13.8. The Morgan fingerprint density at radius 2 is 1.14 bits per heavy atom. The summed E-state index contributed by atoms with van der Waals surface area (Å²) in [7, 11) is 0. The number of nitrogens with one attached hydrogen (secondary N) is 1. The first kappa shape index (κ1) is 34.6. The maximum Gasteiger partial charge on any atom is 0.220 e. The van der Waals surface area contributed by atoms with Crippen LogP contribution in [0.3, 0.4) is 0 Å². The van der Waals surface area contributed by atoms with Gasteiger partial charge < -0.3 is 15.5 Å². The third kappa shape index (κ3) is 24.3. The van der Waals surface area contributed by atoms with Crippen molar-refractivity contribution in [2.24, 2.45) is 0 Å². The van der Waals surface area contributed by atoms with Crippen LogP contribution in [0, 0.1) is 0 Å². The molecule has 0 saturated heterocycles. The van der Waals surface area contributed by atoms with Crippen molar-refractivity contribution in [3.8, 4) is 0 Å². The molecule has 0 radical (unpaired) electrons. The summed E-state index contributed by atoms with van der Waals surface area (Å²) in [6.07, 6.45) is 35.0. The third-order valence-electron chi connectivity index (χ3n) is 6.62. The summed E-state index contributed by atoms with van der Waals surface area (Å²) in [5.74, 6) is -0.0840. The molecule has 0 saturated carbocycles. The van der Waals surface area contributed by atoms with Crippen molar-refractivity contribution >= 4 is 5.91 Å². The number of aliphatic hydroxyl groups excluding tert-OH is 2. The average molecular weight is 506 g/mol. The molecule has 0 aromatic rings. The molecule has 0 bridgehead atoms. The van der Waals surface area contributed by atoms with E-state index in [-0.39, 0.29) is 12.5 Å². The van der Waals surface area contributed by atoms with Crippen molar-refractivity contribution in [1.29, 1.82) is 0 Å². The number of unbranched alkanes of at least 4 members (excludes halogenated alkanes) is 15. The van der Waals surface area contributed by atoms with Crippen LogP contribution in [-0.2, 0) is 4.79 Å². The molecule has 3 N–H and O–H groups in total. The quantitative estimate of drug-likeness (QED) is 0.0817. The molecular weight excluding hydrogens is 446 g/mol. The van der Waals surface area contributed by atoms with E-state index in [0.717, 1.165) is 44.9 Å². The summed E-state index contributed by atoms with van der Waals surface area (Å²) in [5.41, 5.74) is 0. The largest absolute Gasteiger partial charge is 0.394 e. The van der Waals surface area contributed by atoms with Crippen molar-refractivity contribution in [2.45, 2.75) is 154 Å². The zero-order valence-corrected chi connectivity index (χ0v) is 23.8. The molecule has 0 aliphatic heterocycles. The van der Waals surface area contributed by atoms with Crippen LogP contribution in [0.4, 0.5) is 0 Å². The zero-order chi connectivity index (χ0) is 26.5. The standard InChI is InChI=1S/C32H59NO3/c1-3-5-7-9-11-13-14-15-16-17-18-20-22-24-26-28-32(36)33-30(29-34)31(35)27-25-23-21-19-12-10-8-6-4-2/h11,13,15-16,25,27,30-31,34-35H,3-10,12,14,17-24,26,28-29H2,1-2H3,(H,33,36)/b13-11+,16-15+,27-25+/t30-,31+/m0/s1. The molecular formula is C32H59NO3. The van der Waals surface area contributed by atoms with Gasteiger partial charge in [-0.1, -0.05) is 121 Å². The van der Waals surface area contributed by atoms with E-state index in [1.165, 1.54) is 77.0 Å². The monoisotopic (exact) mass is 505 g/mol. The summed E-state index contributed by atoms with van der Waals surface area (Å²) in [6, 6.07) is -0.624. The molecule has 0 aromatic heterocycles. The van der Waals surface area contributed by atoms with Crippen LogP contribution in [0.5, 0.6) is 0 Å². The lowest BCUT2D eigenvalue weighted by atomic mass is 10.1. The Bertz CT molecular complexity index is 556. The fraction of sp³-hybridized carbons (Fsp3) is 0.781. The van der Waals surface area contributed by atoms with E-state index in [2.05, 4.69) is 43.5 Å². The van der Waals surface area contributed by atoms with Crippen molar-refractivity contribution < 1.29 is 15.0 Å². The SMILES string of the molecule is CCCCC/C=C/C/C=C/CCCCCCCC(=O)N[C@@H](CO)[C@H](O)/C=C/CCCCCCCCC. The van der Waals surface area contributed by atoms with E-state index >= 15 is 0 Å². The highest BCUT2D eigenvalue weighted by Gasteiger charge is 2.17. The maximum absolute atomic E-state index is 12.2. The maximum atomic E-state index is 12.2. The van der Waals surface area contributed by atoms with Gasteiger partial charge in [0.2, 0.25) is 5.91 Å². The number of allylic oxidation sites excluding steroid dienone is 5. The number of amides is 1. The van der Waals surface area contributed by atoms with Gasteiger partial charge in [-0.3, -0.25) is 4.79 Å². The Balaban J connectivity index is 3.72. The number of rotatable bonds is 26. The highest BCUT2D eigenvalue weighted by molar-refractivity contribution is 5.76. The van der Waals surface area contributed by atoms with Crippen LogP contribution in [0.2, 0.25) is 0 Å². The molecule has 4 nitrogen and oxygen atoms in total. The topological polar surface area (TPSA) is 69.6 Å². The first-order valence-electron chi connectivity index (χ1n) is 15.2. The predicted octanol–water partition coefficient (Wildman–Crippen LogP) is 8.33. The number of aliphatic hydroxyl groups is 2. The first-order chi connectivity index (χ1) is 17.7. The Labute approximate surface area is 223 Å². The number of hydrogen-bond acceptors (Lipinski definition) is 3. The molecule has 4 heteroatoms. The van der Waals surface area contributed by atoms with E-state index in [0.29, 0.717) is 6.42 Å². The predicted molar refractivity (Wildman–Crippen MR) is 156 cm³/mol. The minimum atomic E-state index is -0.840. The first-order valence-corrected chi connectivity index (χ1v) is 15.2. The van der Waals surface area contributed by atoms with Gasteiger partial charge in [0.25, 0.3) is 0 Å². The minimum Gasteiger partial charge on any atom is -0.394 e. The summed E-state index contributed by atoms with van der Waals surface area (Å²) in [6.45, 7) is 4.22. The Hall–Kier alpha value is -1.39. The molecule has 0 aromatic carbocycles. The summed E-state index contributed by atoms with van der Waals surface area (Å²) >= 11 is 0. The number of carbonyl (C=O) groups is 1. The Kier molecular flexibility index (Phi) is 27.1. The molecule has 0 spiro atoms. The third-order valence-corrected chi connectivity index (χ3v) is 6.62.